The molecule has 2 unspecified atom stereocenters. The second-order valence-electron chi connectivity index (χ2n) is 11.9. The van der Waals surface area contributed by atoms with E-state index in [2.05, 4.69) is 22.2 Å². The van der Waals surface area contributed by atoms with Crippen molar-refractivity contribution in [1.29, 1.82) is 0 Å². The average molecular weight is 515 g/mol. The number of nitrogens with zero attached hydrogens (tertiary/aromatic N) is 3. The molecule has 1 N–H and O–H groups in total. The topological polar surface area (TPSA) is 91.3 Å². The fraction of sp³-hybridized carbons (Fsp3) is 0.759. The van der Waals surface area contributed by atoms with Gasteiger partial charge in [-0.1, -0.05) is 51.9 Å². The number of H-pyrrole nitrogens is 1. The number of aromatic nitrogens is 4. The number of ether oxygens (including phenoxy) is 3. The second-order valence-corrected chi connectivity index (χ2v) is 11.9. The molecule has 2 aliphatic rings. The summed E-state index contributed by atoms with van der Waals surface area (Å²) < 4.78 is 18.6. The Hall–Kier alpha value is -2.51. The summed E-state index contributed by atoms with van der Waals surface area (Å²) in [7, 11) is 0. The molecule has 2 aromatic heterocycles. The predicted octanol–water partition coefficient (Wildman–Crippen LogP) is 7.02. The Bertz CT molecular complexity index is 936. The van der Waals surface area contributed by atoms with Gasteiger partial charge in [0.25, 0.3) is 0 Å². The van der Waals surface area contributed by atoms with Gasteiger partial charge in [-0.05, 0) is 69.6 Å². The van der Waals surface area contributed by atoms with Crippen LogP contribution in [0.1, 0.15) is 97.8 Å². The summed E-state index contributed by atoms with van der Waals surface area (Å²) in [6.07, 6.45) is 17.4. The molecule has 0 saturated heterocycles. The van der Waals surface area contributed by atoms with E-state index >= 15 is 0 Å². The van der Waals surface area contributed by atoms with Crippen LogP contribution in [0.5, 0.6) is 11.8 Å². The smallest absolute Gasteiger partial charge is 0.435 e. The van der Waals surface area contributed by atoms with Crippen molar-refractivity contribution in [3.05, 3.63) is 24.5 Å². The molecule has 8 heteroatoms. The lowest BCUT2D eigenvalue weighted by Crippen LogP contribution is -2.31. The van der Waals surface area contributed by atoms with Crippen molar-refractivity contribution in [3.63, 3.8) is 0 Å². The molecule has 0 aliphatic heterocycles. The molecule has 2 fully saturated rings. The maximum atomic E-state index is 12.7. The Balaban J connectivity index is 1.14. The fourth-order valence-corrected chi connectivity index (χ4v) is 6.12. The predicted molar refractivity (Wildman–Crippen MR) is 143 cm³/mol. The summed E-state index contributed by atoms with van der Waals surface area (Å²) in [5.41, 5.74) is -0.548. The van der Waals surface area contributed by atoms with Crippen molar-refractivity contribution < 1.29 is 19.0 Å². The highest BCUT2D eigenvalue weighted by atomic mass is 16.6. The molecule has 4 rings (SSSR count). The molecule has 0 aromatic carbocycles. The van der Waals surface area contributed by atoms with Crippen LogP contribution in [-0.4, -0.2) is 44.9 Å². The molecule has 0 radical (unpaired) electrons. The van der Waals surface area contributed by atoms with Crippen molar-refractivity contribution in [2.24, 2.45) is 23.7 Å². The maximum absolute atomic E-state index is 12.7. The van der Waals surface area contributed by atoms with Crippen molar-refractivity contribution in [2.45, 2.75) is 103 Å². The van der Waals surface area contributed by atoms with Crippen LogP contribution in [-0.2, 0) is 4.74 Å². The van der Waals surface area contributed by atoms with Crippen LogP contribution in [0.15, 0.2) is 24.5 Å². The van der Waals surface area contributed by atoms with E-state index in [4.69, 9.17) is 14.2 Å². The molecule has 37 heavy (non-hydrogen) atoms. The van der Waals surface area contributed by atoms with E-state index in [0.717, 1.165) is 50.0 Å². The van der Waals surface area contributed by atoms with E-state index in [1.807, 2.05) is 19.9 Å². The Morgan fingerprint density at radius 3 is 2.59 bits per heavy atom. The van der Waals surface area contributed by atoms with Gasteiger partial charge in [0.15, 0.2) is 0 Å². The highest BCUT2D eigenvalue weighted by Gasteiger charge is 2.30. The van der Waals surface area contributed by atoms with E-state index < -0.39 is 11.7 Å². The van der Waals surface area contributed by atoms with Crippen LogP contribution < -0.4 is 9.47 Å². The summed E-state index contributed by atoms with van der Waals surface area (Å²) in [4.78, 5) is 12.7. The summed E-state index contributed by atoms with van der Waals surface area (Å²) in [6.45, 7) is 7.69. The van der Waals surface area contributed by atoms with Crippen LogP contribution in [0, 0.1) is 23.7 Å². The number of carbonyl (C=O) groups excluding carboxylic acids is 1. The number of hydrogen-bond acceptors (Lipinski definition) is 6. The summed E-state index contributed by atoms with van der Waals surface area (Å²) >= 11 is 0. The highest BCUT2D eigenvalue weighted by Crippen LogP contribution is 2.39. The van der Waals surface area contributed by atoms with E-state index in [1.54, 1.807) is 18.5 Å². The van der Waals surface area contributed by atoms with Gasteiger partial charge in [0.05, 0.1) is 13.2 Å². The minimum Gasteiger partial charge on any atom is -0.477 e. The number of aromatic amines is 1. The van der Waals surface area contributed by atoms with Gasteiger partial charge in [-0.2, -0.15) is 4.68 Å². The minimum atomic E-state index is -0.548. The third-order valence-electron chi connectivity index (χ3n) is 8.34. The van der Waals surface area contributed by atoms with E-state index in [-0.39, 0.29) is 0 Å². The first-order valence-electron chi connectivity index (χ1n) is 14.4. The highest BCUT2D eigenvalue weighted by molar-refractivity contribution is 5.69. The van der Waals surface area contributed by atoms with Crippen LogP contribution in [0.4, 0.5) is 4.79 Å². The van der Waals surface area contributed by atoms with Crippen molar-refractivity contribution >= 4 is 6.09 Å². The number of nitrogens with one attached hydrogen (secondary N) is 1. The SMILES string of the molecule is C[C@H](CCC(C)(C)OC(=O)n1ccc(OCCC2CCCC2)n1)CC1CCCC1CCOc1cc[nH]n1. The standard InChI is InChI=1S/C29H46N4O4/c1-22(21-25-10-6-9-24(25)15-20-35-26-12-17-30-31-26)11-16-29(2,3)37-28(34)33-18-13-27(32-33)36-19-14-23-7-4-5-8-23/h12-13,17-18,22-25H,4-11,14-16,19-21H2,1-3H3,(H,30,31)/t22-,24?,25?/m1/s1. The van der Waals surface area contributed by atoms with Crippen LogP contribution in [0.3, 0.4) is 0 Å². The zero-order valence-corrected chi connectivity index (χ0v) is 23.0. The Labute approximate surface area is 221 Å². The summed E-state index contributed by atoms with van der Waals surface area (Å²) in [5, 5.41) is 11.1. The van der Waals surface area contributed by atoms with Gasteiger partial charge >= 0.3 is 6.09 Å². The van der Waals surface area contributed by atoms with Crippen LogP contribution in [0.25, 0.3) is 0 Å². The van der Waals surface area contributed by atoms with Gasteiger partial charge in [-0.25, -0.2) is 4.79 Å². The first-order valence-corrected chi connectivity index (χ1v) is 14.4. The molecule has 2 aromatic rings. The molecular formula is C29H46N4O4. The van der Waals surface area contributed by atoms with Crippen LogP contribution in [0.2, 0.25) is 0 Å². The Kier molecular flexibility index (Phi) is 9.92. The molecule has 2 heterocycles. The summed E-state index contributed by atoms with van der Waals surface area (Å²) in [5.74, 6) is 4.00. The Morgan fingerprint density at radius 2 is 1.81 bits per heavy atom. The lowest BCUT2D eigenvalue weighted by Gasteiger charge is -2.28. The van der Waals surface area contributed by atoms with Crippen molar-refractivity contribution in [2.75, 3.05) is 13.2 Å². The van der Waals surface area contributed by atoms with Gasteiger partial charge in [0.1, 0.15) is 5.60 Å². The molecule has 2 saturated carbocycles. The minimum absolute atomic E-state index is 0.448. The van der Waals surface area contributed by atoms with E-state index in [9.17, 15) is 4.79 Å². The van der Waals surface area contributed by atoms with Crippen LogP contribution >= 0.6 is 0 Å². The number of hydrogen-bond donors (Lipinski definition) is 1. The van der Waals surface area contributed by atoms with Gasteiger partial charge in [-0.15, -0.1) is 10.2 Å². The van der Waals surface area contributed by atoms with Crippen molar-refractivity contribution in [1.82, 2.24) is 20.0 Å². The molecular weight excluding hydrogens is 468 g/mol. The molecule has 3 atom stereocenters. The molecule has 0 bridgehead atoms. The van der Waals surface area contributed by atoms with Gasteiger partial charge in [0, 0.05) is 24.5 Å². The largest absolute Gasteiger partial charge is 0.477 e. The van der Waals surface area contributed by atoms with Gasteiger partial charge < -0.3 is 14.2 Å². The number of rotatable bonds is 14. The molecule has 0 amide bonds. The number of carbonyl (C=O) groups is 1. The average Bonchev–Trinajstić information content (AvgIpc) is 3.67. The normalized spacial score (nSPS) is 21.3. The van der Waals surface area contributed by atoms with Gasteiger partial charge in [0.2, 0.25) is 11.8 Å². The zero-order valence-electron chi connectivity index (χ0n) is 23.0. The first kappa shape index (κ1) is 27.5. The third-order valence-corrected chi connectivity index (χ3v) is 8.34. The second kappa shape index (κ2) is 13.3. The quantitative estimate of drug-likeness (QED) is 0.291. The third kappa shape index (κ3) is 8.78. The molecule has 8 nitrogen and oxygen atoms in total. The first-order chi connectivity index (χ1) is 17.9. The molecule has 2 aliphatic carbocycles. The fourth-order valence-electron chi connectivity index (χ4n) is 6.12. The molecule has 0 spiro atoms. The van der Waals surface area contributed by atoms with E-state index in [1.165, 1.54) is 56.0 Å². The van der Waals surface area contributed by atoms with E-state index in [0.29, 0.717) is 24.3 Å². The molecule has 206 valence electrons. The summed E-state index contributed by atoms with van der Waals surface area (Å²) in [6, 6.07) is 3.60. The lowest BCUT2D eigenvalue weighted by molar-refractivity contribution is 0.0263. The Morgan fingerprint density at radius 1 is 1.05 bits per heavy atom. The van der Waals surface area contributed by atoms with Gasteiger partial charge in [-0.3, -0.25) is 5.10 Å². The lowest BCUT2D eigenvalue weighted by atomic mass is 9.83. The van der Waals surface area contributed by atoms with Crippen molar-refractivity contribution in [3.8, 4) is 11.8 Å². The maximum Gasteiger partial charge on any atom is 0.435 e. The monoisotopic (exact) mass is 514 g/mol. The zero-order chi connectivity index (χ0) is 26.1.